The highest BCUT2D eigenvalue weighted by Gasteiger charge is 2.65. The third kappa shape index (κ3) is 7.88. The molecule has 5 unspecified atom stereocenters. The number of esters is 2. The van der Waals surface area contributed by atoms with E-state index in [1.807, 2.05) is 17.5 Å². The van der Waals surface area contributed by atoms with Crippen molar-refractivity contribution in [1.82, 2.24) is 14.9 Å². The zero-order valence-electron chi connectivity index (χ0n) is 31.8. The molecule has 8 rings (SSSR count). The molecule has 5 heterocycles. The van der Waals surface area contributed by atoms with E-state index in [0.29, 0.717) is 58.1 Å². The smallest absolute Gasteiger partial charge is 0.340 e. The normalized spacial score (nSPS) is 27.2. The summed E-state index contributed by atoms with van der Waals surface area (Å²) in [5, 5.41) is 7.08. The molecule has 1 saturated heterocycles. The summed E-state index contributed by atoms with van der Waals surface area (Å²) in [7, 11) is 1.56. The first kappa shape index (κ1) is 37.9. The van der Waals surface area contributed by atoms with Gasteiger partial charge in [-0.3, -0.25) is 9.59 Å². The van der Waals surface area contributed by atoms with Gasteiger partial charge in [0, 0.05) is 35.2 Å². The second-order valence-electron chi connectivity index (χ2n) is 16.1. The minimum atomic E-state index is -0.851. The number of carbonyl (C=O) groups is 3. The van der Waals surface area contributed by atoms with Gasteiger partial charge in [0.05, 0.1) is 31.3 Å². The number of benzene rings is 1. The number of methoxy groups -OCH3 is 1. The van der Waals surface area contributed by atoms with E-state index < -0.39 is 23.6 Å². The van der Waals surface area contributed by atoms with Crippen LogP contribution in [-0.4, -0.2) is 82.1 Å². The fourth-order valence-electron chi connectivity index (χ4n) is 8.78. The van der Waals surface area contributed by atoms with E-state index in [0.717, 1.165) is 69.3 Å². The van der Waals surface area contributed by atoms with E-state index in [2.05, 4.69) is 19.2 Å². The van der Waals surface area contributed by atoms with Crippen LogP contribution < -0.4 is 14.8 Å². The Hall–Kier alpha value is -3.97. The molecule has 5 atom stereocenters. The monoisotopic (exact) mass is 791 g/mol. The number of fused-ring (bicyclic) bond motifs is 3. The Morgan fingerprint density at radius 3 is 2.56 bits per heavy atom. The Balaban J connectivity index is 1.12. The second-order valence-corrected chi connectivity index (χ2v) is 17.3. The summed E-state index contributed by atoms with van der Waals surface area (Å²) in [6.07, 6.45) is 10.8. The molecule has 3 aromatic rings. The van der Waals surface area contributed by atoms with Crippen molar-refractivity contribution < 1.29 is 33.3 Å². The molecule has 1 spiro atoms. The third-order valence-corrected chi connectivity index (χ3v) is 12.9. The quantitative estimate of drug-likeness (QED) is 0.211. The highest BCUT2D eigenvalue weighted by Crippen LogP contribution is 2.54. The summed E-state index contributed by atoms with van der Waals surface area (Å²) in [5.74, 6) is 0.0495. The fraction of sp³-hybridized carbons (Fsp3) is 0.610. The van der Waals surface area contributed by atoms with Gasteiger partial charge < -0.3 is 29.2 Å². The molecule has 2 bridgehead atoms. The number of hydrogen-bond acceptors (Lipinski definition) is 12. The van der Waals surface area contributed by atoms with E-state index in [-0.39, 0.29) is 54.8 Å². The van der Waals surface area contributed by atoms with E-state index >= 15 is 0 Å². The summed E-state index contributed by atoms with van der Waals surface area (Å²) >= 11 is 8.35. The van der Waals surface area contributed by atoms with Crippen LogP contribution in [0.5, 0.6) is 11.5 Å². The van der Waals surface area contributed by atoms with Crippen LogP contribution in [0.2, 0.25) is 5.02 Å². The van der Waals surface area contributed by atoms with Crippen molar-refractivity contribution in [2.24, 2.45) is 16.8 Å². The molecule has 3 fully saturated rings. The van der Waals surface area contributed by atoms with Crippen molar-refractivity contribution in [1.29, 1.82) is 0 Å². The van der Waals surface area contributed by atoms with Crippen molar-refractivity contribution in [3.8, 4) is 22.9 Å². The number of nitrogens with one attached hydrogen (secondary N) is 1. The first-order valence-corrected chi connectivity index (χ1v) is 21.3. The summed E-state index contributed by atoms with van der Waals surface area (Å²) in [4.78, 5) is 57.9. The molecular formula is C41H50ClN5O7S. The maximum atomic E-state index is 14.7. The van der Waals surface area contributed by atoms with Crippen molar-refractivity contribution in [2.75, 3.05) is 19.0 Å². The Kier molecular flexibility index (Phi) is 11.0. The van der Waals surface area contributed by atoms with Crippen molar-refractivity contribution in [2.45, 2.75) is 134 Å². The van der Waals surface area contributed by atoms with Crippen molar-refractivity contribution in [3.05, 3.63) is 28.6 Å². The minimum Gasteiger partial charge on any atom is -0.495 e. The summed E-state index contributed by atoms with van der Waals surface area (Å²) in [6, 6.07) is 5.09. The summed E-state index contributed by atoms with van der Waals surface area (Å²) in [6.45, 7) is 4.32. The number of aliphatic imine (C=N–C) groups is 1. The number of ether oxygens (including phenoxy) is 4. The second kappa shape index (κ2) is 15.9. The Bertz CT molecular complexity index is 1980. The van der Waals surface area contributed by atoms with Crippen LogP contribution in [0.4, 0.5) is 5.13 Å². The van der Waals surface area contributed by atoms with Crippen molar-refractivity contribution in [3.63, 3.8) is 0 Å². The number of nitrogens with zero attached hydrogens (tertiary/aromatic N) is 4. The summed E-state index contributed by atoms with van der Waals surface area (Å²) in [5.41, 5.74) is 0.889. The summed E-state index contributed by atoms with van der Waals surface area (Å²) < 4.78 is 24.2. The molecule has 55 heavy (non-hydrogen) atoms. The molecule has 1 aromatic carbocycles. The van der Waals surface area contributed by atoms with Crippen LogP contribution >= 0.6 is 22.9 Å². The highest BCUT2D eigenvalue weighted by molar-refractivity contribution is 7.14. The fourth-order valence-corrected chi connectivity index (χ4v) is 9.91. The third-order valence-electron chi connectivity index (χ3n) is 11.8. The van der Waals surface area contributed by atoms with Gasteiger partial charge in [-0.05, 0) is 76.8 Å². The lowest BCUT2D eigenvalue weighted by molar-refractivity contribution is -0.153. The van der Waals surface area contributed by atoms with E-state index in [9.17, 15) is 14.4 Å². The Morgan fingerprint density at radius 2 is 1.78 bits per heavy atom. The minimum absolute atomic E-state index is 0.0162. The molecule has 1 N–H and O–H groups in total. The molecule has 294 valence electrons. The van der Waals surface area contributed by atoms with Gasteiger partial charge in [-0.2, -0.15) is 0 Å². The maximum Gasteiger partial charge on any atom is 0.340 e. The van der Waals surface area contributed by atoms with Crippen LogP contribution in [0.1, 0.15) is 104 Å². The van der Waals surface area contributed by atoms with Gasteiger partial charge in [0.25, 0.3) is 0 Å². The predicted molar refractivity (Wildman–Crippen MR) is 211 cm³/mol. The van der Waals surface area contributed by atoms with Gasteiger partial charge in [-0.15, -0.1) is 11.3 Å². The van der Waals surface area contributed by atoms with Crippen LogP contribution in [-0.2, 0) is 23.9 Å². The maximum absolute atomic E-state index is 14.7. The molecule has 1 amide bonds. The number of amides is 1. The van der Waals surface area contributed by atoms with E-state index in [4.69, 9.17) is 45.5 Å². The molecule has 2 aliphatic carbocycles. The van der Waals surface area contributed by atoms with Gasteiger partial charge in [-0.1, -0.05) is 43.7 Å². The lowest BCUT2D eigenvalue weighted by atomic mass is 9.95. The molecule has 2 saturated carbocycles. The highest BCUT2D eigenvalue weighted by atomic mass is 35.5. The molecule has 12 nitrogen and oxygen atoms in total. The number of anilines is 1. The Morgan fingerprint density at radius 1 is 1.02 bits per heavy atom. The number of hydrogen-bond donors (Lipinski definition) is 1. The average Bonchev–Trinajstić information content (AvgIpc) is 3.70. The predicted octanol–water partition coefficient (Wildman–Crippen LogP) is 8.14. The van der Waals surface area contributed by atoms with Gasteiger partial charge in [0.2, 0.25) is 11.8 Å². The first-order valence-electron chi connectivity index (χ1n) is 20.0. The molecular weight excluding hydrogens is 742 g/mol. The van der Waals surface area contributed by atoms with Gasteiger partial charge >= 0.3 is 11.9 Å². The zero-order valence-corrected chi connectivity index (χ0v) is 33.4. The number of pyridine rings is 1. The van der Waals surface area contributed by atoms with Gasteiger partial charge in [-0.25, -0.2) is 19.8 Å². The lowest BCUT2D eigenvalue weighted by Crippen LogP contribution is -2.44. The van der Waals surface area contributed by atoms with E-state index in [1.165, 1.54) is 11.3 Å². The standard InChI is InChI=1S/C41H50ClN5O7S/c1-23(2)43-40-45-30(22-55-40)29-19-33(28-15-16-32(51-3)35(42)36(28)44-29)52-27-18-31-37-46-41(39(50)54-37)20-25(41)12-8-6-4-5-7-11-24(38(49)47(31)21-27)17-34(48)53-26-13-9-10-14-26/h15-16,19,22-27,31H,4-14,17-18,20-21H2,1-3H3,(H,43,45). The number of halogens is 1. The van der Waals surface area contributed by atoms with Crippen LogP contribution in [0.3, 0.4) is 0 Å². The number of aromatic nitrogens is 2. The van der Waals surface area contributed by atoms with E-state index in [1.54, 1.807) is 18.1 Å². The zero-order chi connectivity index (χ0) is 38.3. The van der Waals surface area contributed by atoms with Gasteiger partial charge in [0.1, 0.15) is 40.5 Å². The largest absolute Gasteiger partial charge is 0.495 e. The first-order chi connectivity index (χ1) is 26.6. The van der Waals surface area contributed by atoms with Crippen LogP contribution in [0.15, 0.2) is 28.6 Å². The SMILES string of the molecule is COc1ccc2c(OC3CC4C5=NC6(CC6CCCCCCCC(CC(=O)OC6CCCC6)C(=O)N4C3)C(=O)O5)cc(-c3csc(NC(C)C)n3)nc2c1Cl. The van der Waals surface area contributed by atoms with Crippen molar-refractivity contribution >= 4 is 62.7 Å². The topological polar surface area (TPSA) is 142 Å². The van der Waals surface area contributed by atoms with Crippen LogP contribution in [0.25, 0.3) is 22.3 Å². The molecule has 14 heteroatoms. The molecule has 0 radical (unpaired) electrons. The molecule has 3 aliphatic heterocycles. The molecule has 5 aliphatic rings. The number of thiazole rings is 1. The molecule has 2 aromatic heterocycles. The van der Waals surface area contributed by atoms with Gasteiger partial charge in [0.15, 0.2) is 10.7 Å². The lowest BCUT2D eigenvalue weighted by Gasteiger charge is -2.28. The Labute approximate surface area is 330 Å². The van der Waals surface area contributed by atoms with Crippen LogP contribution in [0, 0.1) is 11.8 Å². The number of rotatable bonds is 9. The average molecular weight is 792 g/mol. The number of carbonyl (C=O) groups excluding carboxylic acids is 3.